The van der Waals surface area contributed by atoms with E-state index in [9.17, 15) is 4.79 Å². The van der Waals surface area contributed by atoms with Crippen LogP contribution in [-0.4, -0.2) is 34.8 Å². The zero-order chi connectivity index (χ0) is 22.1. The molecule has 3 rings (SSSR count). The third kappa shape index (κ3) is 5.84. The average molecular weight is 420 g/mol. The van der Waals surface area contributed by atoms with Crippen LogP contribution in [0, 0.1) is 12.3 Å². The molecule has 0 bridgehead atoms. The quantitative estimate of drug-likeness (QED) is 0.198. The number of carbonyl (C=O) groups is 1. The van der Waals surface area contributed by atoms with Gasteiger partial charge in [0.15, 0.2) is 11.5 Å². The number of aromatic nitrogens is 2. The van der Waals surface area contributed by atoms with Crippen LogP contribution in [0.5, 0.6) is 11.5 Å². The number of methoxy groups -OCH3 is 1. The van der Waals surface area contributed by atoms with Gasteiger partial charge in [-0.25, -0.2) is 15.4 Å². The number of amides is 1. The molecule has 31 heavy (non-hydrogen) atoms. The minimum atomic E-state index is -0.384. The van der Waals surface area contributed by atoms with Gasteiger partial charge in [-0.1, -0.05) is 12.0 Å². The Bertz CT molecular complexity index is 1090. The largest absolute Gasteiger partial charge is 0.493 e. The Labute approximate surface area is 180 Å². The van der Waals surface area contributed by atoms with Gasteiger partial charge in [-0.15, -0.1) is 6.42 Å². The van der Waals surface area contributed by atoms with Gasteiger partial charge in [-0.05, 0) is 43.5 Å². The van der Waals surface area contributed by atoms with E-state index >= 15 is 0 Å². The molecule has 0 atom stereocenters. The monoisotopic (exact) mass is 420 g/mol. The van der Waals surface area contributed by atoms with Crippen molar-refractivity contribution in [2.24, 2.45) is 0 Å². The molecule has 1 heterocycles. The number of fused-ring (bicyclic) bond motifs is 1. The first-order valence-electron chi connectivity index (χ1n) is 9.86. The molecule has 0 saturated heterocycles. The highest BCUT2D eigenvalue weighted by Gasteiger charge is 2.12. The van der Waals surface area contributed by atoms with Crippen LogP contribution in [0.1, 0.15) is 31.2 Å². The number of rotatable bonds is 10. The first-order valence-corrected chi connectivity index (χ1v) is 9.86. The molecule has 8 nitrogen and oxygen atoms in total. The van der Waals surface area contributed by atoms with Crippen LogP contribution in [-0.2, 0) is 4.79 Å². The lowest BCUT2D eigenvalue weighted by molar-refractivity contribution is -0.129. The first kappa shape index (κ1) is 21.9. The van der Waals surface area contributed by atoms with Crippen molar-refractivity contribution in [1.29, 1.82) is 0 Å². The lowest BCUT2D eigenvalue weighted by Crippen LogP contribution is -2.17. The second-order valence-corrected chi connectivity index (χ2v) is 6.79. The zero-order valence-electron chi connectivity index (χ0n) is 17.2. The van der Waals surface area contributed by atoms with E-state index < -0.39 is 0 Å². The molecule has 0 aliphatic carbocycles. The summed E-state index contributed by atoms with van der Waals surface area (Å²) in [5.41, 5.74) is 3.93. The number of nitrogens with zero attached hydrogens (tertiary/aromatic N) is 2. The Morgan fingerprint density at radius 1 is 1.16 bits per heavy atom. The number of benzene rings is 2. The van der Waals surface area contributed by atoms with Gasteiger partial charge in [0.2, 0.25) is 5.91 Å². The molecule has 1 amide bonds. The van der Waals surface area contributed by atoms with Gasteiger partial charge in [-0.2, -0.15) is 0 Å². The van der Waals surface area contributed by atoms with Crippen molar-refractivity contribution in [2.45, 2.75) is 25.7 Å². The van der Waals surface area contributed by atoms with E-state index in [-0.39, 0.29) is 12.3 Å². The summed E-state index contributed by atoms with van der Waals surface area (Å²) in [4.78, 5) is 19.7. The summed E-state index contributed by atoms with van der Waals surface area (Å²) >= 11 is 0. The van der Waals surface area contributed by atoms with E-state index in [0.717, 1.165) is 29.5 Å². The Kier molecular flexibility index (Phi) is 7.62. The standard InChI is InChI=1S/C23H24N4O4/c1-3-16-8-7-9-17(12-16)26-23-18-13-21(20(30-2)14-19(18)24-15-25-23)31-11-6-4-5-10-22(28)27-29/h1,7-9,12-15,29H,4-6,10-11H2,2H3,(H,27,28)(H,24,25,26). The van der Waals surface area contributed by atoms with Crippen LogP contribution >= 0.6 is 0 Å². The lowest BCUT2D eigenvalue weighted by atomic mass is 10.1. The number of ether oxygens (including phenoxy) is 2. The Hall–Kier alpha value is -3.83. The van der Waals surface area contributed by atoms with E-state index in [1.807, 2.05) is 30.3 Å². The second-order valence-electron chi connectivity index (χ2n) is 6.79. The summed E-state index contributed by atoms with van der Waals surface area (Å²) in [6, 6.07) is 11.2. The molecular weight excluding hydrogens is 396 g/mol. The third-order valence-corrected chi connectivity index (χ3v) is 4.64. The van der Waals surface area contributed by atoms with Crippen molar-refractivity contribution >= 4 is 28.3 Å². The fraction of sp³-hybridized carbons (Fsp3) is 0.261. The van der Waals surface area contributed by atoms with Crippen molar-refractivity contribution in [3.63, 3.8) is 0 Å². The van der Waals surface area contributed by atoms with Crippen molar-refractivity contribution < 1.29 is 19.5 Å². The summed E-state index contributed by atoms with van der Waals surface area (Å²) in [7, 11) is 1.58. The highest BCUT2D eigenvalue weighted by molar-refractivity contribution is 5.93. The first-order chi connectivity index (χ1) is 15.1. The molecule has 3 N–H and O–H groups in total. The number of hydrogen-bond acceptors (Lipinski definition) is 7. The van der Waals surface area contributed by atoms with Gasteiger partial charge in [0.05, 0.1) is 19.2 Å². The number of anilines is 2. The SMILES string of the molecule is C#Cc1cccc(Nc2ncnc3cc(OC)c(OCCCCCC(=O)NO)cc23)c1. The minimum Gasteiger partial charge on any atom is -0.493 e. The third-order valence-electron chi connectivity index (χ3n) is 4.64. The lowest BCUT2D eigenvalue weighted by Gasteiger charge is -2.14. The highest BCUT2D eigenvalue weighted by Crippen LogP contribution is 2.35. The van der Waals surface area contributed by atoms with Crippen LogP contribution in [0.25, 0.3) is 10.9 Å². The molecule has 8 heteroatoms. The average Bonchev–Trinajstić information content (AvgIpc) is 2.81. The molecule has 0 spiro atoms. The topological polar surface area (TPSA) is 106 Å². The maximum absolute atomic E-state index is 11.0. The minimum absolute atomic E-state index is 0.281. The van der Waals surface area contributed by atoms with Gasteiger partial charge in [0.25, 0.3) is 0 Å². The van der Waals surface area contributed by atoms with E-state index in [1.54, 1.807) is 18.7 Å². The second kappa shape index (κ2) is 10.8. The van der Waals surface area contributed by atoms with E-state index in [2.05, 4.69) is 21.2 Å². The fourth-order valence-corrected chi connectivity index (χ4v) is 3.06. The molecule has 3 aromatic rings. The molecule has 0 fully saturated rings. The number of unbranched alkanes of at least 4 members (excludes halogenated alkanes) is 2. The van der Waals surface area contributed by atoms with Gasteiger partial charge in [0.1, 0.15) is 12.1 Å². The summed E-state index contributed by atoms with van der Waals surface area (Å²) < 4.78 is 11.4. The molecule has 2 aromatic carbocycles. The summed E-state index contributed by atoms with van der Waals surface area (Å²) in [6.07, 6.45) is 9.48. The van der Waals surface area contributed by atoms with Gasteiger partial charge in [0, 0.05) is 29.1 Å². The van der Waals surface area contributed by atoms with Crippen LogP contribution in [0.2, 0.25) is 0 Å². The van der Waals surface area contributed by atoms with Crippen molar-refractivity contribution in [3.05, 3.63) is 48.3 Å². The number of hydrogen-bond donors (Lipinski definition) is 3. The van der Waals surface area contributed by atoms with Gasteiger partial charge < -0.3 is 14.8 Å². The van der Waals surface area contributed by atoms with Crippen molar-refractivity contribution in [2.75, 3.05) is 19.0 Å². The van der Waals surface area contributed by atoms with Gasteiger partial charge >= 0.3 is 0 Å². The van der Waals surface area contributed by atoms with E-state index in [4.69, 9.17) is 21.1 Å². The maximum Gasteiger partial charge on any atom is 0.243 e. The zero-order valence-corrected chi connectivity index (χ0v) is 17.2. The van der Waals surface area contributed by atoms with Crippen molar-refractivity contribution in [3.8, 4) is 23.8 Å². The number of nitrogens with one attached hydrogen (secondary N) is 2. The molecular formula is C23H24N4O4. The summed E-state index contributed by atoms with van der Waals surface area (Å²) in [5.74, 6) is 4.02. The predicted octanol–water partition coefficient (Wildman–Crippen LogP) is 3.81. The predicted molar refractivity (Wildman–Crippen MR) is 118 cm³/mol. The van der Waals surface area contributed by atoms with Crippen molar-refractivity contribution in [1.82, 2.24) is 15.4 Å². The Morgan fingerprint density at radius 3 is 2.81 bits per heavy atom. The van der Waals surface area contributed by atoms with Crippen LogP contribution < -0.4 is 20.3 Å². The number of terminal acetylenes is 1. The number of hydroxylamine groups is 1. The maximum atomic E-state index is 11.0. The molecule has 0 unspecified atom stereocenters. The smallest absolute Gasteiger partial charge is 0.243 e. The molecule has 0 saturated carbocycles. The molecule has 1 aromatic heterocycles. The molecule has 0 aliphatic heterocycles. The molecule has 160 valence electrons. The highest BCUT2D eigenvalue weighted by atomic mass is 16.5. The summed E-state index contributed by atoms with van der Waals surface area (Å²) in [6.45, 7) is 0.462. The van der Waals surface area contributed by atoms with E-state index in [0.29, 0.717) is 35.9 Å². The summed E-state index contributed by atoms with van der Waals surface area (Å²) in [5, 5.41) is 12.6. The Balaban J connectivity index is 1.75. The normalized spacial score (nSPS) is 10.4. The van der Waals surface area contributed by atoms with Crippen LogP contribution in [0.4, 0.5) is 11.5 Å². The molecule has 0 radical (unpaired) electrons. The van der Waals surface area contributed by atoms with E-state index in [1.165, 1.54) is 6.33 Å². The van der Waals surface area contributed by atoms with Crippen LogP contribution in [0.15, 0.2) is 42.7 Å². The van der Waals surface area contributed by atoms with Gasteiger partial charge in [-0.3, -0.25) is 10.0 Å². The number of carbonyl (C=O) groups excluding carboxylic acids is 1. The Morgan fingerprint density at radius 2 is 2.03 bits per heavy atom. The van der Waals surface area contributed by atoms with Crippen LogP contribution in [0.3, 0.4) is 0 Å². The molecule has 0 aliphatic rings. The fourth-order valence-electron chi connectivity index (χ4n) is 3.06.